The summed E-state index contributed by atoms with van der Waals surface area (Å²) in [5.41, 5.74) is 2.34. The Bertz CT molecular complexity index is 627. The van der Waals surface area contributed by atoms with Crippen LogP contribution in [0.4, 0.5) is 9.39 Å². The van der Waals surface area contributed by atoms with Gasteiger partial charge in [-0.25, -0.2) is 4.39 Å². The second kappa shape index (κ2) is 6.11. The number of hydrogen-bond acceptors (Lipinski definition) is 4. The molecular weight excluding hydrogens is 279 g/mol. The maximum absolute atomic E-state index is 13.5. The Balaban J connectivity index is 1.98. The molecule has 1 unspecified atom stereocenters. The van der Waals surface area contributed by atoms with Crippen molar-refractivity contribution in [2.24, 2.45) is 0 Å². The summed E-state index contributed by atoms with van der Waals surface area (Å²) >= 11 is 1.11. The zero-order valence-corrected chi connectivity index (χ0v) is 12.0. The number of thiophene rings is 1. The third kappa shape index (κ3) is 3.40. The molecule has 6 heteroatoms. The van der Waals surface area contributed by atoms with Crippen LogP contribution in [0.3, 0.4) is 0 Å². The van der Waals surface area contributed by atoms with Gasteiger partial charge in [0.15, 0.2) is 0 Å². The summed E-state index contributed by atoms with van der Waals surface area (Å²) in [4.78, 5) is 10.2. The summed E-state index contributed by atoms with van der Waals surface area (Å²) in [5.74, 6) is -0.220. The van der Waals surface area contributed by atoms with Crippen LogP contribution in [-0.4, -0.2) is 4.92 Å². The van der Waals surface area contributed by atoms with Gasteiger partial charge in [0.05, 0.1) is 4.92 Å². The molecule has 1 heterocycles. The number of nitro groups is 1. The van der Waals surface area contributed by atoms with Gasteiger partial charge < -0.3 is 5.32 Å². The van der Waals surface area contributed by atoms with E-state index in [0.717, 1.165) is 22.5 Å². The van der Waals surface area contributed by atoms with Crippen molar-refractivity contribution in [2.45, 2.75) is 26.4 Å². The lowest BCUT2D eigenvalue weighted by molar-refractivity contribution is -0.380. The summed E-state index contributed by atoms with van der Waals surface area (Å²) in [6.45, 7) is 4.17. The molecule has 0 bridgehead atoms. The molecular formula is C14H15FN2O2S. The first-order valence-electron chi connectivity index (χ1n) is 6.18. The van der Waals surface area contributed by atoms with Gasteiger partial charge in [0, 0.05) is 24.0 Å². The highest BCUT2D eigenvalue weighted by Crippen LogP contribution is 2.23. The molecule has 0 aliphatic rings. The Kier molecular flexibility index (Phi) is 4.46. The van der Waals surface area contributed by atoms with Crippen molar-refractivity contribution >= 4 is 16.3 Å². The lowest BCUT2D eigenvalue weighted by Gasteiger charge is -2.14. The van der Waals surface area contributed by atoms with E-state index in [4.69, 9.17) is 0 Å². The van der Waals surface area contributed by atoms with Crippen LogP contribution >= 0.6 is 11.3 Å². The fourth-order valence-corrected chi connectivity index (χ4v) is 2.55. The molecule has 0 fully saturated rings. The van der Waals surface area contributed by atoms with Crippen molar-refractivity contribution < 1.29 is 9.31 Å². The highest BCUT2D eigenvalue weighted by Gasteiger charge is 2.11. The molecule has 0 spiro atoms. The second-order valence-electron chi connectivity index (χ2n) is 4.66. The first kappa shape index (κ1) is 14.6. The number of rotatable bonds is 5. The molecule has 20 heavy (non-hydrogen) atoms. The lowest BCUT2D eigenvalue weighted by Crippen LogP contribution is -2.17. The van der Waals surface area contributed by atoms with Crippen LogP contribution < -0.4 is 5.32 Å². The van der Waals surface area contributed by atoms with Gasteiger partial charge >= 0.3 is 5.00 Å². The van der Waals surface area contributed by atoms with Crippen molar-refractivity contribution in [3.63, 3.8) is 0 Å². The van der Waals surface area contributed by atoms with E-state index in [1.807, 2.05) is 13.0 Å². The first-order chi connectivity index (χ1) is 9.47. The number of aryl methyl sites for hydroxylation is 1. The highest BCUT2D eigenvalue weighted by atomic mass is 32.1. The number of benzene rings is 1. The van der Waals surface area contributed by atoms with E-state index in [1.165, 1.54) is 6.07 Å². The molecule has 0 amide bonds. The van der Waals surface area contributed by atoms with Crippen LogP contribution in [0.2, 0.25) is 0 Å². The van der Waals surface area contributed by atoms with Crippen LogP contribution in [0.25, 0.3) is 0 Å². The summed E-state index contributed by atoms with van der Waals surface area (Å²) in [6.07, 6.45) is 0. The number of hydrogen-bond donors (Lipinski definition) is 1. The molecule has 0 radical (unpaired) electrons. The van der Waals surface area contributed by atoms with Gasteiger partial charge in [-0.05, 0) is 36.6 Å². The summed E-state index contributed by atoms with van der Waals surface area (Å²) in [6, 6.07) is 6.68. The summed E-state index contributed by atoms with van der Waals surface area (Å²) < 4.78 is 13.5. The van der Waals surface area contributed by atoms with Gasteiger partial charge in [-0.15, -0.1) is 0 Å². The van der Waals surface area contributed by atoms with Crippen LogP contribution in [0.15, 0.2) is 29.6 Å². The molecule has 1 aromatic carbocycles. The van der Waals surface area contributed by atoms with E-state index in [-0.39, 0.29) is 16.9 Å². The minimum Gasteiger partial charge on any atom is -0.306 e. The quantitative estimate of drug-likeness (QED) is 0.671. The zero-order chi connectivity index (χ0) is 14.7. The molecule has 2 aromatic rings. The average molecular weight is 294 g/mol. The molecule has 0 saturated heterocycles. The van der Waals surface area contributed by atoms with E-state index in [9.17, 15) is 14.5 Å². The fourth-order valence-electron chi connectivity index (χ4n) is 1.82. The van der Waals surface area contributed by atoms with Gasteiger partial charge in [0.1, 0.15) is 5.82 Å². The van der Waals surface area contributed by atoms with Crippen molar-refractivity contribution in [3.05, 3.63) is 62.3 Å². The van der Waals surface area contributed by atoms with Gasteiger partial charge in [-0.3, -0.25) is 10.1 Å². The van der Waals surface area contributed by atoms with E-state index in [2.05, 4.69) is 5.32 Å². The van der Waals surface area contributed by atoms with E-state index >= 15 is 0 Å². The average Bonchev–Trinajstić information content (AvgIpc) is 2.88. The second-order valence-corrected chi connectivity index (χ2v) is 5.55. The Morgan fingerprint density at radius 2 is 2.20 bits per heavy atom. The van der Waals surface area contributed by atoms with Crippen molar-refractivity contribution in [3.8, 4) is 0 Å². The topological polar surface area (TPSA) is 55.2 Å². The van der Waals surface area contributed by atoms with Crippen LogP contribution in [0, 0.1) is 22.9 Å². The van der Waals surface area contributed by atoms with Crippen LogP contribution in [0.5, 0.6) is 0 Å². The van der Waals surface area contributed by atoms with Crippen molar-refractivity contribution in [1.29, 1.82) is 0 Å². The van der Waals surface area contributed by atoms with Crippen LogP contribution in [0.1, 0.15) is 29.7 Å². The minimum absolute atomic E-state index is 0.0240. The molecule has 0 saturated carbocycles. The van der Waals surface area contributed by atoms with Crippen molar-refractivity contribution in [1.82, 2.24) is 5.32 Å². The maximum atomic E-state index is 13.5. The molecule has 0 aliphatic carbocycles. The van der Waals surface area contributed by atoms with Gasteiger partial charge in [-0.1, -0.05) is 23.5 Å². The number of halogens is 1. The van der Waals surface area contributed by atoms with E-state index < -0.39 is 4.92 Å². The largest absolute Gasteiger partial charge is 0.324 e. The summed E-state index contributed by atoms with van der Waals surface area (Å²) in [7, 11) is 0. The molecule has 1 aromatic heterocycles. The SMILES string of the molecule is Cc1ccc(C(C)NCc2csc([N+](=O)[O-])c2)cc1F. The van der Waals surface area contributed by atoms with Gasteiger partial charge in [0.2, 0.25) is 0 Å². The third-order valence-electron chi connectivity index (χ3n) is 3.13. The highest BCUT2D eigenvalue weighted by molar-refractivity contribution is 7.13. The minimum atomic E-state index is -0.396. The Hall–Kier alpha value is -1.79. The normalized spacial score (nSPS) is 12.3. The predicted octanol–water partition coefficient (Wildman–Crippen LogP) is 3.95. The molecule has 1 N–H and O–H groups in total. The number of nitrogens with zero attached hydrogens (tertiary/aromatic N) is 1. The monoisotopic (exact) mass is 294 g/mol. The smallest absolute Gasteiger partial charge is 0.306 e. The zero-order valence-electron chi connectivity index (χ0n) is 11.2. The molecule has 4 nitrogen and oxygen atoms in total. The Morgan fingerprint density at radius 1 is 1.45 bits per heavy atom. The maximum Gasteiger partial charge on any atom is 0.324 e. The van der Waals surface area contributed by atoms with Gasteiger partial charge in [-0.2, -0.15) is 0 Å². The molecule has 106 valence electrons. The third-order valence-corrected chi connectivity index (χ3v) is 4.06. The first-order valence-corrected chi connectivity index (χ1v) is 7.06. The van der Waals surface area contributed by atoms with Crippen LogP contribution in [-0.2, 0) is 6.54 Å². The van der Waals surface area contributed by atoms with Gasteiger partial charge in [0.25, 0.3) is 0 Å². The van der Waals surface area contributed by atoms with Crippen molar-refractivity contribution in [2.75, 3.05) is 0 Å². The number of nitrogens with one attached hydrogen (secondary N) is 1. The summed E-state index contributed by atoms with van der Waals surface area (Å²) in [5, 5.41) is 15.7. The Morgan fingerprint density at radius 3 is 2.80 bits per heavy atom. The van der Waals surface area contributed by atoms with E-state index in [1.54, 1.807) is 24.4 Å². The standard InChI is InChI=1S/C14H15FN2O2S/c1-9-3-4-12(6-13(9)15)10(2)16-7-11-5-14(17(18)19)20-8-11/h3-6,8,10,16H,7H2,1-2H3. The Labute approximate surface area is 120 Å². The fraction of sp³-hybridized carbons (Fsp3) is 0.286. The van der Waals surface area contributed by atoms with E-state index in [0.29, 0.717) is 12.1 Å². The molecule has 0 aliphatic heterocycles. The molecule has 2 rings (SSSR count). The predicted molar refractivity (Wildman–Crippen MR) is 77.4 cm³/mol. The molecule has 1 atom stereocenters. The lowest BCUT2D eigenvalue weighted by atomic mass is 10.1.